The number of nitrogens with one attached hydrogen (secondary N) is 1. The van der Waals surface area contributed by atoms with Crippen LogP contribution >= 0.6 is 11.8 Å². The lowest BCUT2D eigenvalue weighted by atomic mass is 9.99. The molecular weight excluding hydrogens is 434 g/mol. The van der Waals surface area contributed by atoms with Crippen molar-refractivity contribution in [3.63, 3.8) is 0 Å². The molecule has 0 spiro atoms. The van der Waals surface area contributed by atoms with E-state index in [1.54, 1.807) is 6.07 Å². The minimum absolute atomic E-state index is 0.0220. The van der Waals surface area contributed by atoms with Gasteiger partial charge in [-0.2, -0.15) is 0 Å². The van der Waals surface area contributed by atoms with Crippen LogP contribution in [-0.4, -0.2) is 51.2 Å². The molecule has 0 radical (unpaired) electrons. The first-order valence-corrected chi connectivity index (χ1v) is 12.2. The molecule has 33 heavy (non-hydrogen) atoms. The Bertz CT molecular complexity index is 1140. The van der Waals surface area contributed by atoms with Crippen LogP contribution in [0.1, 0.15) is 53.1 Å². The minimum atomic E-state index is 0.0220. The lowest BCUT2D eigenvalue weighted by molar-refractivity contribution is -0.116. The lowest BCUT2D eigenvalue weighted by Gasteiger charge is -2.23. The van der Waals surface area contributed by atoms with Gasteiger partial charge in [-0.1, -0.05) is 49.0 Å². The normalized spacial score (nSPS) is 14.1. The van der Waals surface area contributed by atoms with Crippen molar-refractivity contribution >= 4 is 29.1 Å². The van der Waals surface area contributed by atoms with E-state index in [9.17, 15) is 9.59 Å². The van der Waals surface area contributed by atoms with Gasteiger partial charge in [0.15, 0.2) is 16.8 Å². The highest BCUT2D eigenvalue weighted by molar-refractivity contribution is 7.99. The highest BCUT2D eigenvalue weighted by Gasteiger charge is 2.23. The quantitative estimate of drug-likeness (QED) is 0.378. The first-order valence-electron chi connectivity index (χ1n) is 11.2. The molecule has 0 unspecified atom stereocenters. The molecule has 1 atom stereocenters. The van der Waals surface area contributed by atoms with Gasteiger partial charge in [0.2, 0.25) is 5.91 Å². The van der Waals surface area contributed by atoms with Gasteiger partial charge in [0.1, 0.15) is 0 Å². The molecule has 3 aromatic rings. The fourth-order valence-corrected chi connectivity index (χ4v) is 4.96. The third-order valence-electron chi connectivity index (χ3n) is 5.89. The van der Waals surface area contributed by atoms with E-state index in [0.29, 0.717) is 24.9 Å². The van der Waals surface area contributed by atoms with E-state index in [1.807, 2.05) is 44.4 Å². The van der Waals surface area contributed by atoms with Gasteiger partial charge in [0.25, 0.3) is 0 Å². The lowest BCUT2D eigenvalue weighted by Crippen LogP contribution is -2.23. The Morgan fingerprint density at radius 3 is 2.67 bits per heavy atom. The fraction of sp³-hybridized carbons (Fsp3) is 0.360. The van der Waals surface area contributed by atoms with Gasteiger partial charge < -0.3 is 9.88 Å². The van der Waals surface area contributed by atoms with Crippen molar-refractivity contribution in [2.45, 2.75) is 43.9 Å². The number of thioether (sulfide) groups is 1. The minimum Gasteiger partial charge on any atom is -0.326 e. The number of fused-ring (bicyclic) bond motifs is 1. The third kappa shape index (κ3) is 5.34. The maximum Gasteiger partial charge on any atom is 0.224 e. The van der Waals surface area contributed by atoms with Gasteiger partial charge in [0, 0.05) is 17.7 Å². The van der Waals surface area contributed by atoms with Crippen molar-refractivity contribution in [1.82, 2.24) is 19.7 Å². The molecule has 7 nitrogen and oxygen atoms in total. The maximum absolute atomic E-state index is 13.0. The summed E-state index contributed by atoms with van der Waals surface area (Å²) in [6, 6.07) is 15.9. The van der Waals surface area contributed by atoms with Crippen molar-refractivity contribution in [3.05, 3.63) is 71.0 Å². The summed E-state index contributed by atoms with van der Waals surface area (Å²) in [7, 11) is 4.09. The topological polar surface area (TPSA) is 80.1 Å². The van der Waals surface area contributed by atoms with E-state index in [4.69, 9.17) is 0 Å². The predicted octanol–water partition coefficient (Wildman–Crippen LogP) is 4.20. The van der Waals surface area contributed by atoms with Crippen LogP contribution in [0.5, 0.6) is 0 Å². The second-order valence-electron chi connectivity index (χ2n) is 8.43. The number of hydrogen-bond acceptors (Lipinski definition) is 6. The van der Waals surface area contributed by atoms with Crippen LogP contribution < -0.4 is 5.32 Å². The highest BCUT2D eigenvalue weighted by Crippen LogP contribution is 2.28. The Kier molecular flexibility index (Phi) is 7.25. The number of nitrogens with zero attached hydrogens (tertiary/aromatic N) is 4. The second kappa shape index (κ2) is 10.3. The first-order chi connectivity index (χ1) is 16.0. The molecule has 2 aromatic carbocycles. The SMILES string of the molecule is CC[C@@H](c1nnc(SCC(=O)c2ccc3c(c2)CCC(=O)N3)n1Cc1ccccc1)N(C)C. The number of hydrogen-bond donors (Lipinski definition) is 1. The van der Waals surface area contributed by atoms with E-state index in [0.717, 1.165) is 34.2 Å². The molecule has 0 saturated heterocycles. The number of anilines is 1. The molecule has 0 fully saturated rings. The van der Waals surface area contributed by atoms with Crippen LogP contribution in [0, 0.1) is 0 Å². The highest BCUT2D eigenvalue weighted by atomic mass is 32.2. The molecule has 0 saturated carbocycles. The van der Waals surface area contributed by atoms with Gasteiger partial charge in [0.05, 0.1) is 18.3 Å². The summed E-state index contributed by atoms with van der Waals surface area (Å²) in [4.78, 5) is 26.7. The molecule has 0 bridgehead atoms. The number of ketones is 1. The smallest absolute Gasteiger partial charge is 0.224 e. The standard InChI is InChI=1S/C25H29N5O2S/c1-4-21(29(2)3)24-27-28-25(30(24)15-17-8-6-5-7-9-17)33-16-22(31)19-10-12-20-18(14-19)11-13-23(32)26-20/h5-10,12,14,21H,4,11,13,15-16H2,1-3H3,(H,26,32)/t21-/m0/s1. The van der Waals surface area contributed by atoms with Crippen LogP contribution in [-0.2, 0) is 17.8 Å². The summed E-state index contributed by atoms with van der Waals surface area (Å²) in [5.41, 5.74) is 3.64. The Hall–Kier alpha value is -2.97. The van der Waals surface area contributed by atoms with Gasteiger partial charge in [-0.15, -0.1) is 10.2 Å². The van der Waals surface area contributed by atoms with Crippen molar-refractivity contribution in [2.24, 2.45) is 0 Å². The number of benzene rings is 2. The van der Waals surface area contributed by atoms with Crippen LogP contribution in [0.15, 0.2) is 53.7 Å². The zero-order chi connectivity index (χ0) is 23.4. The summed E-state index contributed by atoms with van der Waals surface area (Å²) >= 11 is 1.42. The van der Waals surface area contributed by atoms with Crippen LogP contribution in [0.4, 0.5) is 5.69 Å². The summed E-state index contributed by atoms with van der Waals surface area (Å²) in [6.07, 6.45) is 2.03. The number of aryl methyl sites for hydroxylation is 1. The molecule has 1 aromatic heterocycles. The summed E-state index contributed by atoms with van der Waals surface area (Å²) in [5, 5.41) is 12.6. The summed E-state index contributed by atoms with van der Waals surface area (Å²) < 4.78 is 2.13. The average Bonchev–Trinajstić information content (AvgIpc) is 3.20. The molecule has 1 aliphatic heterocycles. The van der Waals surface area contributed by atoms with Crippen molar-refractivity contribution in [3.8, 4) is 0 Å². The number of carbonyl (C=O) groups excluding carboxylic acids is 2. The molecule has 172 valence electrons. The molecule has 2 heterocycles. The Balaban J connectivity index is 1.54. The molecular formula is C25H29N5O2S. The Labute approximate surface area is 198 Å². The fourth-order valence-electron chi connectivity index (χ4n) is 4.12. The van der Waals surface area contributed by atoms with Gasteiger partial charge in [-0.25, -0.2) is 0 Å². The number of aromatic nitrogens is 3. The zero-order valence-corrected chi connectivity index (χ0v) is 20.1. The van der Waals surface area contributed by atoms with E-state index in [1.165, 1.54) is 11.8 Å². The first kappa shape index (κ1) is 23.2. The van der Waals surface area contributed by atoms with Crippen molar-refractivity contribution < 1.29 is 9.59 Å². The van der Waals surface area contributed by atoms with Crippen molar-refractivity contribution in [2.75, 3.05) is 25.2 Å². The molecule has 8 heteroatoms. The molecule has 1 aliphatic rings. The summed E-state index contributed by atoms with van der Waals surface area (Å²) in [6.45, 7) is 2.80. The number of rotatable bonds is 9. The van der Waals surface area contributed by atoms with Gasteiger partial charge in [-0.05, 0) is 56.3 Å². The Morgan fingerprint density at radius 2 is 1.94 bits per heavy atom. The van der Waals surface area contributed by atoms with E-state index in [2.05, 4.69) is 44.0 Å². The zero-order valence-electron chi connectivity index (χ0n) is 19.2. The van der Waals surface area contributed by atoms with Crippen LogP contribution in [0.2, 0.25) is 0 Å². The second-order valence-corrected chi connectivity index (χ2v) is 9.37. The maximum atomic E-state index is 13.0. The summed E-state index contributed by atoms with van der Waals surface area (Å²) in [5.74, 6) is 1.24. The van der Waals surface area contributed by atoms with Crippen LogP contribution in [0.25, 0.3) is 0 Å². The number of amides is 1. The van der Waals surface area contributed by atoms with Crippen molar-refractivity contribution in [1.29, 1.82) is 0 Å². The molecule has 0 aliphatic carbocycles. The van der Waals surface area contributed by atoms with E-state index < -0.39 is 0 Å². The average molecular weight is 464 g/mol. The molecule has 1 N–H and O–H groups in total. The van der Waals surface area contributed by atoms with E-state index >= 15 is 0 Å². The van der Waals surface area contributed by atoms with E-state index in [-0.39, 0.29) is 23.5 Å². The number of carbonyl (C=O) groups is 2. The monoisotopic (exact) mass is 463 g/mol. The third-order valence-corrected chi connectivity index (χ3v) is 6.86. The largest absolute Gasteiger partial charge is 0.326 e. The van der Waals surface area contributed by atoms with Crippen LogP contribution in [0.3, 0.4) is 0 Å². The van der Waals surface area contributed by atoms with Gasteiger partial charge >= 0.3 is 0 Å². The predicted molar refractivity (Wildman–Crippen MR) is 131 cm³/mol. The van der Waals surface area contributed by atoms with Gasteiger partial charge in [-0.3, -0.25) is 14.5 Å². The number of Topliss-reactive ketones (excluding diaryl/α,β-unsaturated/α-hetero) is 1. The molecule has 1 amide bonds. The molecule has 4 rings (SSSR count). The Morgan fingerprint density at radius 1 is 1.15 bits per heavy atom.